The number of nitrogens with zero attached hydrogens (tertiary/aromatic N) is 2. The Hall–Kier alpha value is -2.68. The van der Waals surface area contributed by atoms with Crippen LogP contribution in [0.3, 0.4) is 0 Å². The van der Waals surface area contributed by atoms with E-state index in [0.717, 1.165) is 22.9 Å². The zero-order chi connectivity index (χ0) is 16.8. The van der Waals surface area contributed by atoms with Crippen LogP contribution < -0.4 is 16.7 Å². The van der Waals surface area contributed by atoms with Gasteiger partial charge in [-0.1, -0.05) is 36.0 Å². The molecule has 1 amide bonds. The number of hydrazone groups is 1. The van der Waals surface area contributed by atoms with E-state index in [1.807, 2.05) is 36.2 Å². The molecule has 2 aromatic rings. The first-order chi connectivity index (χ1) is 11.0. The van der Waals surface area contributed by atoms with Crippen LogP contribution in [0.5, 0.6) is 0 Å². The standard InChI is InChI=1S/C14H15N5O3S/c1-8-5-3-4-6-10(8)7-15-17-11(20)9(2)23-13-12(21)16-14(22)19-18-13/h3-7,9H,1-2H3,(H,17,20)(H2,16,19,21,22)/b15-7+. The molecule has 120 valence electrons. The van der Waals surface area contributed by atoms with Gasteiger partial charge in [-0.25, -0.2) is 15.3 Å². The summed E-state index contributed by atoms with van der Waals surface area (Å²) in [5.41, 5.74) is 3.01. The topological polar surface area (TPSA) is 120 Å². The van der Waals surface area contributed by atoms with Crippen LogP contribution in [0.4, 0.5) is 0 Å². The van der Waals surface area contributed by atoms with E-state index in [-0.39, 0.29) is 10.9 Å². The fraction of sp³-hybridized carbons (Fsp3) is 0.214. The van der Waals surface area contributed by atoms with E-state index in [0.29, 0.717) is 0 Å². The minimum atomic E-state index is -0.695. The third-order valence-corrected chi connectivity index (χ3v) is 3.97. The molecule has 3 N–H and O–H groups in total. The molecule has 1 heterocycles. The van der Waals surface area contributed by atoms with Gasteiger partial charge in [-0.15, -0.1) is 0 Å². The number of nitrogens with one attached hydrogen (secondary N) is 3. The van der Waals surface area contributed by atoms with Gasteiger partial charge in [-0.3, -0.25) is 14.6 Å². The largest absolute Gasteiger partial charge is 0.342 e. The third-order valence-electron chi connectivity index (χ3n) is 2.90. The number of aromatic amines is 2. The molecule has 0 saturated heterocycles. The molecule has 1 atom stereocenters. The van der Waals surface area contributed by atoms with E-state index in [2.05, 4.69) is 20.7 Å². The van der Waals surface area contributed by atoms with Gasteiger partial charge in [0.2, 0.25) is 0 Å². The molecule has 0 fully saturated rings. The minimum absolute atomic E-state index is 0.00938. The van der Waals surface area contributed by atoms with Gasteiger partial charge >= 0.3 is 5.69 Å². The van der Waals surface area contributed by atoms with Crippen LogP contribution >= 0.6 is 11.8 Å². The minimum Gasteiger partial charge on any atom is -0.272 e. The molecule has 0 radical (unpaired) electrons. The van der Waals surface area contributed by atoms with Crippen LogP contribution in [0.15, 0.2) is 44.0 Å². The maximum absolute atomic E-state index is 11.9. The summed E-state index contributed by atoms with van der Waals surface area (Å²) >= 11 is 0.925. The first-order valence-electron chi connectivity index (χ1n) is 6.71. The molecule has 0 aliphatic carbocycles. The predicted molar refractivity (Wildman–Crippen MR) is 87.7 cm³/mol. The normalized spacial score (nSPS) is 12.3. The summed E-state index contributed by atoms with van der Waals surface area (Å²) in [6, 6.07) is 7.62. The van der Waals surface area contributed by atoms with Crippen molar-refractivity contribution in [1.82, 2.24) is 20.6 Å². The Balaban J connectivity index is 1.96. The second kappa shape index (κ2) is 7.54. The van der Waals surface area contributed by atoms with Gasteiger partial charge in [0.05, 0.1) is 11.5 Å². The molecule has 2 rings (SSSR count). The molecule has 1 aromatic heterocycles. The number of hydrogen-bond acceptors (Lipinski definition) is 6. The summed E-state index contributed by atoms with van der Waals surface area (Å²) in [6.45, 7) is 3.55. The summed E-state index contributed by atoms with van der Waals surface area (Å²) in [7, 11) is 0. The third kappa shape index (κ3) is 4.65. The highest BCUT2D eigenvalue weighted by molar-refractivity contribution is 8.00. The van der Waals surface area contributed by atoms with Crippen molar-refractivity contribution in [2.24, 2.45) is 5.10 Å². The molecule has 0 bridgehead atoms. The molecule has 0 aliphatic heterocycles. The Labute approximate surface area is 135 Å². The predicted octanol–water partition coefficient (Wildman–Crippen LogP) is 0.398. The number of thioether (sulfide) groups is 1. The van der Waals surface area contributed by atoms with Gasteiger partial charge in [0.25, 0.3) is 11.5 Å². The summed E-state index contributed by atoms with van der Waals surface area (Å²) in [5.74, 6) is -0.382. The van der Waals surface area contributed by atoms with E-state index in [1.165, 1.54) is 0 Å². The molecular weight excluding hydrogens is 318 g/mol. The van der Waals surface area contributed by atoms with Gasteiger partial charge in [0, 0.05) is 0 Å². The number of carbonyl (C=O) groups excluding carboxylic acids is 1. The lowest BCUT2D eigenvalue weighted by atomic mass is 10.1. The number of hydrogen-bond donors (Lipinski definition) is 3. The molecule has 1 aromatic carbocycles. The fourth-order valence-corrected chi connectivity index (χ4v) is 2.38. The molecular formula is C14H15N5O3S. The van der Waals surface area contributed by atoms with Crippen molar-refractivity contribution >= 4 is 23.9 Å². The second-order valence-corrected chi connectivity index (χ2v) is 5.99. The summed E-state index contributed by atoms with van der Waals surface area (Å²) in [6.07, 6.45) is 1.55. The number of H-pyrrole nitrogens is 2. The summed E-state index contributed by atoms with van der Waals surface area (Å²) < 4.78 is 0. The first-order valence-corrected chi connectivity index (χ1v) is 7.59. The number of aromatic nitrogens is 3. The molecule has 9 heteroatoms. The highest BCUT2D eigenvalue weighted by atomic mass is 32.2. The first kappa shape index (κ1) is 16.7. The van der Waals surface area contributed by atoms with E-state index in [9.17, 15) is 14.4 Å². The van der Waals surface area contributed by atoms with Gasteiger partial charge < -0.3 is 0 Å². The van der Waals surface area contributed by atoms with Gasteiger partial charge in [-0.2, -0.15) is 10.2 Å². The highest BCUT2D eigenvalue weighted by Gasteiger charge is 2.16. The van der Waals surface area contributed by atoms with Crippen molar-refractivity contribution in [3.8, 4) is 0 Å². The van der Waals surface area contributed by atoms with E-state index in [4.69, 9.17) is 0 Å². The highest BCUT2D eigenvalue weighted by Crippen LogP contribution is 2.16. The van der Waals surface area contributed by atoms with Crippen LogP contribution in [0.25, 0.3) is 0 Å². The molecule has 8 nitrogen and oxygen atoms in total. The summed E-state index contributed by atoms with van der Waals surface area (Å²) in [4.78, 5) is 36.4. The zero-order valence-electron chi connectivity index (χ0n) is 12.5. The van der Waals surface area contributed by atoms with E-state index in [1.54, 1.807) is 13.1 Å². The monoisotopic (exact) mass is 333 g/mol. The number of aryl methyl sites for hydroxylation is 1. The van der Waals surface area contributed by atoms with Crippen LogP contribution in [0, 0.1) is 6.92 Å². The van der Waals surface area contributed by atoms with Crippen molar-refractivity contribution in [2.45, 2.75) is 24.1 Å². The second-order valence-electron chi connectivity index (χ2n) is 4.66. The maximum atomic E-state index is 11.9. The average molecular weight is 333 g/mol. The maximum Gasteiger partial charge on any atom is 0.342 e. The lowest BCUT2D eigenvalue weighted by molar-refractivity contribution is -0.120. The Morgan fingerprint density at radius 1 is 1.39 bits per heavy atom. The van der Waals surface area contributed by atoms with Gasteiger partial charge in [0.15, 0.2) is 5.03 Å². The van der Waals surface area contributed by atoms with E-state index < -0.39 is 16.5 Å². The molecule has 1 unspecified atom stereocenters. The smallest absolute Gasteiger partial charge is 0.272 e. The zero-order valence-corrected chi connectivity index (χ0v) is 13.3. The molecule has 0 aliphatic rings. The average Bonchev–Trinajstić information content (AvgIpc) is 2.51. The molecule has 0 spiro atoms. The van der Waals surface area contributed by atoms with Crippen molar-refractivity contribution in [3.05, 3.63) is 56.2 Å². The van der Waals surface area contributed by atoms with Crippen molar-refractivity contribution < 1.29 is 4.79 Å². The summed E-state index contributed by atoms with van der Waals surface area (Å²) in [5, 5.41) is 9.02. The number of rotatable bonds is 5. The van der Waals surface area contributed by atoms with E-state index >= 15 is 0 Å². The lowest BCUT2D eigenvalue weighted by Crippen LogP contribution is -2.30. The Morgan fingerprint density at radius 3 is 2.83 bits per heavy atom. The lowest BCUT2D eigenvalue weighted by Gasteiger charge is -2.07. The van der Waals surface area contributed by atoms with Crippen LogP contribution in [-0.4, -0.2) is 32.6 Å². The van der Waals surface area contributed by atoms with Gasteiger partial charge in [0.1, 0.15) is 0 Å². The van der Waals surface area contributed by atoms with Crippen LogP contribution in [-0.2, 0) is 4.79 Å². The quantitative estimate of drug-likeness (QED) is 0.415. The number of carbonyl (C=O) groups is 1. The fourth-order valence-electron chi connectivity index (χ4n) is 1.63. The van der Waals surface area contributed by atoms with Crippen molar-refractivity contribution in [2.75, 3.05) is 0 Å². The van der Waals surface area contributed by atoms with Gasteiger partial charge in [-0.05, 0) is 25.0 Å². The number of benzene rings is 1. The SMILES string of the molecule is Cc1ccccc1/C=N/NC(=O)C(C)Sc1n[nH]c(=O)[nH]c1=O. The Kier molecular flexibility index (Phi) is 5.47. The van der Waals surface area contributed by atoms with Crippen molar-refractivity contribution in [1.29, 1.82) is 0 Å². The van der Waals surface area contributed by atoms with Crippen molar-refractivity contribution in [3.63, 3.8) is 0 Å². The number of amides is 1. The molecule has 0 saturated carbocycles. The molecule has 23 heavy (non-hydrogen) atoms. The van der Waals surface area contributed by atoms with Crippen LogP contribution in [0.2, 0.25) is 0 Å². The Bertz CT molecular complexity index is 843. The van der Waals surface area contributed by atoms with Crippen LogP contribution in [0.1, 0.15) is 18.1 Å². The Morgan fingerprint density at radius 2 is 2.13 bits per heavy atom.